The topological polar surface area (TPSA) is 54.5 Å². The molecule has 5 heteroatoms. The molecule has 3 aliphatic carbocycles. The first-order valence-electron chi connectivity index (χ1n) is 9.88. The van der Waals surface area contributed by atoms with Gasteiger partial charge in [0.25, 0.3) is 0 Å². The quantitative estimate of drug-likeness (QED) is 0.469. The second-order valence-corrected chi connectivity index (χ2v) is 8.57. The lowest BCUT2D eigenvalue weighted by molar-refractivity contribution is -0.128. The Morgan fingerprint density at radius 3 is 2.07 bits per heavy atom. The third-order valence-corrected chi connectivity index (χ3v) is 7.17. The van der Waals surface area contributed by atoms with E-state index in [1.807, 2.05) is 48.5 Å². The van der Waals surface area contributed by atoms with E-state index in [0.717, 1.165) is 28.5 Å². The second kappa shape index (κ2) is 5.89. The molecule has 2 amide bonds. The lowest BCUT2D eigenvalue weighted by Gasteiger charge is -2.51. The Morgan fingerprint density at radius 1 is 0.833 bits per heavy atom. The maximum Gasteiger partial charge on any atom is 0.239 e. The molecule has 0 N–H and O–H groups in total. The summed E-state index contributed by atoms with van der Waals surface area (Å²) < 4.78 is 0. The molecular formula is C25H16ClNO3. The molecule has 0 spiro atoms. The predicted molar refractivity (Wildman–Crippen MR) is 112 cm³/mol. The molecule has 1 aliphatic heterocycles. The summed E-state index contributed by atoms with van der Waals surface area (Å²) in [6.07, 6.45) is 0.879. The monoisotopic (exact) mass is 413 g/mol. The van der Waals surface area contributed by atoms with Gasteiger partial charge in [0.15, 0.2) is 0 Å². The molecule has 1 heterocycles. The minimum Gasteiger partial charge on any atom is -0.302 e. The first kappa shape index (κ1) is 17.6. The molecule has 1 fully saturated rings. The molecule has 0 radical (unpaired) electrons. The molecule has 4 aliphatic rings. The van der Waals surface area contributed by atoms with Crippen molar-refractivity contribution in [1.82, 2.24) is 0 Å². The molecule has 1 saturated heterocycles. The number of carbonyl (C=O) groups is 3. The predicted octanol–water partition coefficient (Wildman–Crippen LogP) is 4.09. The molecule has 0 aromatic heterocycles. The van der Waals surface area contributed by atoms with E-state index < -0.39 is 17.3 Å². The number of benzene rings is 3. The Balaban J connectivity index is 1.66. The summed E-state index contributed by atoms with van der Waals surface area (Å²) in [4.78, 5) is 41.5. The Morgan fingerprint density at radius 2 is 1.47 bits per heavy atom. The summed E-state index contributed by atoms with van der Waals surface area (Å²) in [5.74, 6) is -2.26. The van der Waals surface area contributed by atoms with E-state index in [9.17, 15) is 14.4 Å². The van der Waals surface area contributed by atoms with Gasteiger partial charge in [-0.3, -0.25) is 9.59 Å². The number of hydrogen-bond donors (Lipinski definition) is 0. The van der Waals surface area contributed by atoms with Crippen LogP contribution in [-0.4, -0.2) is 18.1 Å². The molecule has 0 unspecified atom stereocenters. The van der Waals surface area contributed by atoms with Crippen LogP contribution >= 0.6 is 11.6 Å². The fourth-order valence-electron chi connectivity index (χ4n) is 5.90. The number of anilines is 1. The molecule has 2 bridgehead atoms. The summed E-state index contributed by atoms with van der Waals surface area (Å²) in [5.41, 5.74) is 2.85. The van der Waals surface area contributed by atoms with Crippen molar-refractivity contribution in [2.24, 2.45) is 11.8 Å². The van der Waals surface area contributed by atoms with Gasteiger partial charge in [0.1, 0.15) is 6.29 Å². The number of amides is 2. The average Bonchev–Trinajstić information content (AvgIpc) is 3.05. The molecule has 0 saturated carbocycles. The maximum atomic E-state index is 13.7. The molecule has 146 valence electrons. The van der Waals surface area contributed by atoms with E-state index in [4.69, 9.17) is 11.6 Å². The van der Waals surface area contributed by atoms with Gasteiger partial charge in [-0.2, -0.15) is 0 Å². The molecule has 3 aromatic carbocycles. The number of imide groups is 1. The molecule has 2 atom stereocenters. The second-order valence-electron chi connectivity index (χ2n) is 8.13. The summed E-state index contributed by atoms with van der Waals surface area (Å²) in [6, 6.07) is 22.1. The van der Waals surface area contributed by atoms with E-state index >= 15 is 0 Å². The molecule has 30 heavy (non-hydrogen) atoms. The van der Waals surface area contributed by atoms with E-state index in [1.165, 1.54) is 4.90 Å². The minimum absolute atomic E-state index is 0.259. The largest absolute Gasteiger partial charge is 0.302 e. The summed E-state index contributed by atoms with van der Waals surface area (Å²) in [5, 5.41) is 0.447. The first-order chi connectivity index (χ1) is 14.6. The van der Waals surface area contributed by atoms with E-state index in [1.54, 1.807) is 24.3 Å². The molecule has 4 nitrogen and oxygen atoms in total. The van der Waals surface area contributed by atoms with Gasteiger partial charge < -0.3 is 4.79 Å². The highest BCUT2D eigenvalue weighted by Crippen LogP contribution is 2.63. The number of halogens is 1. The number of aldehydes is 1. The van der Waals surface area contributed by atoms with Gasteiger partial charge in [-0.05, 0) is 40.5 Å². The fraction of sp³-hybridized carbons (Fsp3) is 0.160. The van der Waals surface area contributed by atoms with Crippen LogP contribution in [0.15, 0.2) is 72.8 Å². The average molecular weight is 414 g/mol. The SMILES string of the molecule is O=CC12c3ccccc3C(c3ccccc31)[C@H]1C(=O)N(c3cccc(Cl)c3)C(=O)[C@H]12. The van der Waals surface area contributed by atoms with Gasteiger partial charge in [-0.15, -0.1) is 0 Å². The Hall–Kier alpha value is -3.24. The molecule has 3 aromatic rings. The van der Waals surface area contributed by atoms with Crippen LogP contribution in [0.25, 0.3) is 0 Å². The lowest BCUT2D eigenvalue weighted by atomic mass is 9.48. The van der Waals surface area contributed by atoms with Crippen molar-refractivity contribution in [3.63, 3.8) is 0 Å². The van der Waals surface area contributed by atoms with Gasteiger partial charge in [-0.1, -0.05) is 66.2 Å². The van der Waals surface area contributed by atoms with Crippen molar-refractivity contribution in [2.45, 2.75) is 11.3 Å². The van der Waals surface area contributed by atoms with Crippen LogP contribution < -0.4 is 4.90 Å². The van der Waals surface area contributed by atoms with Gasteiger partial charge in [0.2, 0.25) is 11.8 Å². The van der Waals surface area contributed by atoms with Crippen LogP contribution in [0.1, 0.15) is 28.2 Å². The Bertz CT molecular complexity index is 1220. The number of hydrogen-bond acceptors (Lipinski definition) is 3. The van der Waals surface area contributed by atoms with Crippen LogP contribution in [0, 0.1) is 11.8 Å². The van der Waals surface area contributed by atoms with Crippen LogP contribution in [-0.2, 0) is 19.8 Å². The zero-order valence-corrected chi connectivity index (χ0v) is 16.5. The minimum atomic E-state index is -1.17. The van der Waals surface area contributed by atoms with Gasteiger partial charge in [0, 0.05) is 10.9 Å². The number of carbonyl (C=O) groups excluding carboxylic acids is 3. The van der Waals surface area contributed by atoms with Gasteiger partial charge in [0.05, 0.1) is 22.9 Å². The smallest absolute Gasteiger partial charge is 0.239 e. The van der Waals surface area contributed by atoms with Crippen LogP contribution in [0.5, 0.6) is 0 Å². The van der Waals surface area contributed by atoms with E-state index in [2.05, 4.69) is 0 Å². The van der Waals surface area contributed by atoms with Crippen molar-refractivity contribution in [1.29, 1.82) is 0 Å². The zero-order valence-electron chi connectivity index (χ0n) is 15.8. The standard InChI is InChI=1S/C25H16ClNO3/c26-14-6-5-7-15(12-14)27-23(29)21-20-16-8-1-3-10-18(16)25(13-28,22(21)24(27)30)19-11-4-2-9-17(19)20/h1-13,20-22H/t20?,21-,22+,25?/m1/s1. The van der Waals surface area contributed by atoms with Crippen molar-refractivity contribution in [2.75, 3.05) is 4.90 Å². The maximum absolute atomic E-state index is 13.7. The normalized spacial score (nSPS) is 28.2. The van der Waals surface area contributed by atoms with Gasteiger partial charge >= 0.3 is 0 Å². The lowest BCUT2D eigenvalue weighted by Crippen LogP contribution is -2.54. The van der Waals surface area contributed by atoms with Crippen LogP contribution in [0.3, 0.4) is 0 Å². The molecular weight excluding hydrogens is 398 g/mol. The van der Waals surface area contributed by atoms with Crippen molar-refractivity contribution in [3.05, 3.63) is 100 Å². The Kier molecular flexibility index (Phi) is 3.46. The number of nitrogens with zero attached hydrogens (tertiary/aromatic N) is 1. The highest BCUT2D eigenvalue weighted by Gasteiger charge is 2.68. The van der Waals surface area contributed by atoms with Gasteiger partial charge in [-0.25, -0.2) is 4.90 Å². The summed E-state index contributed by atoms with van der Waals surface area (Å²) in [7, 11) is 0. The first-order valence-corrected chi connectivity index (χ1v) is 10.3. The highest BCUT2D eigenvalue weighted by atomic mass is 35.5. The van der Waals surface area contributed by atoms with Crippen molar-refractivity contribution < 1.29 is 14.4 Å². The zero-order chi connectivity index (χ0) is 20.6. The third-order valence-electron chi connectivity index (χ3n) is 6.94. The fourth-order valence-corrected chi connectivity index (χ4v) is 6.08. The van der Waals surface area contributed by atoms with Crippen molar-refractivity contribution in [3.8, 4) is 0 Å². The summed E-state index contributed by atoms with van der Waals surface area (Å²) >= 11 is 6.14. The molecule has 7 rings (SSSR count). The van der Waals surface area contributed by atoms with Crippen molar-refractivity contribution >= 4 is 35.4 Å². The van der Waals surface area contributed by atoms with Crippen LogP contribution in [0.4, 0.5) is 5.69 Å². The highest BCUT2D eigenvalue weighted by molar-refractivity contribution is 6.31. The summed E-state index contributed by atoms with van der Waals surface area (Å²) in [6.45, 7) is 0. The van der Waals surface area contributed by atoms with Crippen LogP contribution in [0.2, 0.25) is 5.02 Å². The van der Waals surface area contributed by atoms with E-state index in [0.29, 0.717) is 10.7 Å². The third kappa shape index (κ3) is 1.90. The van der Waals surface area contributed by atoms with E-state index in [-0.39, 0.29) is 17.7 Å². The Labute approximate surface area is 178 Å². The number of rotatable bonds is 2.